The molecule has 4 aromatic rings. The Morgan fingerprint density at radius 1 is 1.17 bits per heavy atom. The lowest BCUT2D eigenvalue weighted by molar-refractivity contribution is -0.135. The zero-order valence-corrected chi connectivity index (χ0v) is 19.1. The monoisotopic (exact) mass is 471 g/mol. The minimum absolute atomic E-state index is 0.0110. The van der Waals surface area contributed by atoms with Crippen molar-refractivity contribution in [2.75, 3.05) is 0 Å². The Kier molecular flexibility index (Phi) is 4.51. The Hall–Kier alpha value is -4.20. The lowest BCUT2D eigenvalue weighted by Gasteiger charge is -2.29. The molecule has 1 N–H and O–H groups in total. The molecule has 8 heteroatoms. The molecule has 0 saturated carbocycles. The molecule has 0 aliphatic carbocycles. The van der Waals surface area contributed by atoms with Crippen LogP contribution >= 0.6 is 0 Å². The number of pyridine rings is 1. The normalized spacial score (nSPS) is 16.9. The molecule has 2 aliphatic rings. The van der Waals surface area contributed by atoms with Crippen LogP contribution < -0.4 is 15.9 Å². The van der Waals surface area contributed by atoms with Gasteiger partial charge in [0.1, 0.15) is 16.9 Å². The first-order valence-electron chi connectivity index (χ1n) is 11.5. The molecule has 0 bridgehead atoms. The lowest BCUT2D eigenvalue weighted by Crippen LogP contribution is -2.32. The molecule has 0 saturated heterocycles. The summed E-state index contributed by atoms with van der Waals surface area (Å²) in [5, 5.41) is 12.0. The van der Waals surface area contributed by atoms with Gasteiger partial charge in [0.25, 0.3) is 5.56 Å². The molecule has 2 aromatic heterocycles. The van der Waals surface area contributed by atoms with Gasteiger partial charge in [-0.05, 0) is 49.3 Å². The van der Waals surface area contributed by atoms with Gasteiger partial charge in [-0.1, -0.05) is 18.2 Å². The number of aromatic nitrogens is 1. The number of fused-ring (bicyclic) bond motifs is 3. The van der Waals surface area contributed by atoms with Crippen molar-refractivity contribution in [3.63, 3.8) is 0 Å². The molecule has 0 amide bonds. The second-order valence-corrected chi connectivity index (χ2v) is 9.22. The van der Waals surface area contributed by atoms with E-state index >= 15 is 0 Å². The zero-order chi connectivity index (χ0) is 24.6. The van der Waals surface area contributed by atoms with E-state index in [0.29, 0.717) is 17.7 Å². The van der Waals surface area contributed by atoms with E-state index in [2.05, 4.69) is 0 Å². The van der Waals surface area contributed by atoms with Crippen molar-refractivity contribution in [3.05, 3.63) is 78.9 Å². The summed E-state index contributed by atoms with van der Waals surface area (Å²) in [5.74, 6) is -2.58. The number of para-hydroxylation sites is 1. The molecule has 6 rings (SSSR count). The van der Waals surface area contributed by atoms with Crippen molar-refractivity contribution in [1.29, 1.82) is 0 Å². The summed E-state index contributed by atoms with van der Waals surface area (Å²) in [5.41, 5.74) is 1.92. The summed E-state index contributed by atoms with van der Waals surface area (Å²) in [6, 6.07) is 8.87. The molecular weight excluding hydrogens is 450 g/mol. The van der Waals surface area contributed by atoms with Gasteiger partial charge in [-0.3, -0.25) is 14.4 Å². The number of ketones is 1. The van der Waals surface area contributed by atoms with E-state index in [9.17, 15) is 24.3 Å². The fraction of sp³-hybridized carbons (Fsp3) is 0.259. The average molecular weight is 471 g/mol. The van der Waals surface area contributed by atoms with Gasteiger partial charge >= 0.3 is 11.6 Å². The Bertz CT molecular complexity index is 1740. The van der Waals surface area contributed by atoms with Crippen molar-refractivity contribution in [2.24, 2.45) is 0 Å². The standard InChI is InChI=1S/C27H21NO7/c1-12-9-18(30)34-25-20(12)24(32)21(13(2)29)26-22(25)16(11-19(31)35-26)17-10-15-6-3-5-14-7-4-8-28(23(14)15)27(17)33/h3,5-6,9-10,16,32H,4,7-8,11H2,1-2H3/t16-/m0/s1. The Morgan fingerprint density at radius 2 is 1.97 bits per heavy atom. The number of aryl methyl sites for hydroxylation is 3. The highest BCUT2D eigenvalue weighted by Crippen LogP contribution is 2.49. The van der Waals surface area contributed by atoms with E-state index in [1.165, 1.54) is 13.0 Å². The second-order valence-electron chi connectivity index (χ2n) is 9.22. The first kappa shape index (κ1) is 21.3. The molecule has 4 heterocycles. The molecule has 176 valence electrons. The maximum atomic E-state index is 13.8. The fourth-order valence-corrected chi connectivity index (χ4v) is 5.64. The maximum absolute atomic E-state index is 13.8. The van der Waals surface area contributed by atoms with Gasteiger partial charge in [0, 0.05) is 29.7 Å². The minimum atomic E-state index is -0.830. The van der Waals surface area contributed by atoms with E-state index < -0.39 is 29.0 Å². The van der Waals surface area contributed by atoms with Gasteiger partial charge in [0.15, 0.2) is 11.5 Å². The third kappa shape index (κ3) is 2.99. The van der Waals surface area contributed by atoms with Crippen LogP contribution in [0.4, 0.5) is 0 Å². The predicted molar refractivity (Wildman–Crippen MR) is 128 cm³/mol. The maximum Gasteiger partial charge on any atom is 0.336 e. The van der Waals surface area contributed by atoms with E-state index in [1.54, 1.807) is 17.6 Å². The number of esters is 1. The van der Waals surface area contributed by atoms with Gasteiger partial charge in [-0.15, -0.1) is 0 Å². The molecule has 35 heavy (non-hydrogen) atoms. The number of nitrogens with zero attached hydrogens (tertiary/aromatic N) is 1. The molecule has 1 atom stereocenters. The fourth-order valence-electron chi connectivity index (χ4n) is 5.64. The second kappa shape index (κ2) is 7.40. The zero-order valence-electron chi connectivity index (χ0n) is 19.1. The van der Waals surface area contributed by atoms with Gasteiger partial charge in [-0.2, -0.15) is 0 Å². The number of phenols is 1. The highest BCUT2D eigenvalue weighted by molar-refractivity contribution is 6.09. The molecule has 2 aromatic carbocycles. The van der Waals surface area contributed by atoms with Gasteiger partial charge in [0.05, 0.1) is 17.3 Å². The van der Waals surface area contributed by atoms with Crippen LogP contribution in [0, 0.1) is 6.92 Å². The minimum Gasteiger partial charge on any atom is -0.506 e. The van der Waals surface area contributed by atoms with E-state index in [4.69, 9.17) is 9.15 Å². The molecular formula is C27H21NO7. The number of rotatable bonds is 2. The number of carbonyl (C=O) groups is 2. The number of carbonyl (C=O) groups excluding carboxylic acids is 2. The van der Waals surface area contributed by atoms with Crippen LogP contribution in [0.5, 0.6) is 11.5 Å². The van der Waals surface area contributed by atoms with Gasteiger partial charge in [0.2, 0.25) is 0 Å². The van der Waals surface area contributed by atoms with Crippen molar-refractivity contribution >= 4 is 33.6 Å². The van der Waals surface area contributed by atoms with Crippen LogP contribution in [0.25, 0.3) is 21.9 Å². The van der Waals surface area contributed by atoms with Gasteiger partial charge in [-0.25, -0.2) is 4.79 Å². The van der Waals surface area contributed by atoms with E-state index in [1.807, 2.05) is 18.2 Å². The van der Waals surface area contributed by atoms with Gasteiger partial charge < -0.3 is 18.8 Å². The van der Waals surface area contributed by atoms with Crippen LogP contribution in [0.15, 0.2) is 44.3 Å². The molecule has 2 aliphatic heterocycles. The number of ether oxygens (including phenoxy) is 1. The van der Waals surface area contributed by atoms with Crippen molar-refractivity contribution in [2.45, 2.75) is 45.6 Å². The lowest BCUT2D eigenvalue weighted by atomic mass is 9.82. The first-order chi connectivity index (χ1) is 16.8. The number of Topliss-reactive ketones (excluding diaryl/α,β-unsaturated/α-hetero) is 1. The van der Waals surface area contributed by atoms with Crippen molar-refractivity contribution < 1.29 is 23.8 Å². The first-order valence-corrected chi connectivity index (χ1v) is 11.5. The highest BCUT2D eigenvalue weighted by atomic mass is 16.5. The smallest absolute Gasteiger partial charge is 0.336 e. The topological polar surface area (TPSA) is 116 Å². The highest BCUT2D eigenvalue weighted by Gasteiger charge is 2.38. The Labute approximate surface area is 198 Å². The Balaban J connectivity index is 1.76. The van der Waals surface area contributed by atoms with Crippen LogP contribution in [0.2, 0.25) is 0 Å². The SMILES string of the molecule is CC(=O)c1c2c(c3oc(=O)cc(C)c3c1O)[C@H](c1cc3cccc4c3n(c1=O)CCC4)CC(=O)O2. The number of hydrogen-bond acceptors (Lipinski definition) is 7. The third-order valence-corrected chi connectivity index (χ3v) is 7.06. The van der Waals surface area contributed by atoms with Crippen LogP contribution in [0.1, 0.15) is 58.3 Å². The summed E-state index contributed by atoms with van der Waals surface area (Å²) >= 11 is 0. The molecule has 8 nitrogen and oxygen atoms in total. The third-order valence-electron chi connectivity index (χ3n) is 7.06. The summed E-state index contributed by atoms with van der Waals surface area (Å²) in [6.07, 6.45) is 1.52. The van der Waals surface area contributed by atoms with Crippen LogP contribution in [-0.2, 0) is 17.8 Å². The number of phenolic OH excluding ortho intramolecular Hbond substituents is 1. The largest absolute Gasteiger partial charge is 0.506 e. The van der Waals surface area contributed by atoms with E-state index in [-0.39, 0.29) is 39.8 Å². The summed E-state index contributed by atoms with van der Waals surface area (Å²) in [6.45, 7) is 3.42. The molecule has 0 unspecified atom stereocenters. The molecule has 0 radical (unpaired) electrons. The quantitative estimate of drug-likeness (QED) is 0.205. The van der Waals surface area contributed by atoms with Crippen molar-refractivity contribution in [3.8, 4) is 11.5 Å². The summed E-state index contributed by atoms with van der Waals surface area (Å²) in [7, 11) is 0. The summed E-state index contributed by atoms with van der Waals surface area (Å²) in [4.78, 5) is 51.4. The number of aromatic hydroxyl groups is 1. The predicted octanol–water partition coefficient (Wildman–Crippen LogP) is 3.71. The molecule has 0 spiro atoms. The van der Waals surface area contributed by atoms with Crippen molar-refractivity contribution in [1.82, 2.24) is 4.57 Å². The number of hydrogen-bond donors (Lipinski definition) is 1. The van der Waals surface area contributed by atoms with Crippen LogP contribution in [0.3, 0.4) is 0 Å². The number of benzene rings is 2. The molecule has 0 fully saturated rings. The van der Waals surface area contributed by atoms with E-state index in [0.717, 1.165) is 29.3 Å². The summed E-state index contributed by atoms with van der Waals surface area (Å²) < 4.78 is 12.7. The average Bonchev–Trinajstić information content (AvgIpc) is 2.80. The van der Waals surface area contributed by atoms with Crippen LogP contribution in [-0.4, -0.2) is 21.4 Å². The Morgan fingerprint density at radius 3 is 2.74 bits per heavy atom.